The number of benzene rings is 1. The maximum absolute atomic E-state index is 12.0. The minimum atomic E-state index is -0.0578. The maximum atomic E-state index is 12.0. The molecule has 3 rings (SSSR count). The summed E-state index contributed by atoms with van der Waals surface area (Å²) in [6.07, 6.45) is 0.834. The van der Waals surface area contributed by atoms with Crippen LogP contribution >= 0.6 is 23.1 Å². The van der Waals surface area contributed by atoms with E-state index in [2.05, 4.69) is 35.4 Å². The van der Waals surface area contributed by atoms with Crippen molar-refractivity contribution < 1.29 is 9.53 Å². The second kappa shape index (κ2) is 10.3. The van der Waals surface area contributed by atoms with Crippen LogP contribution in [-0.2, 0) is 17.8 Å². The van der Waals surface area contributed by atoms with Crippen LogP contribution < -0.4 is 15.9 Å². The molecule has 29 heavy (non-hydrogen) atoms. The van der Waals surface area contributed by atoms with Crippen molar-refractivity contribution in [2.45, 2.75) is 37.9 Å². The fraction of sp³-hybridized carbons (Fsp3) is 0.350. The standard InChI is InChI=1S/C20H25N5O2S2/c1-14(2)15-5-7-16(8-6-15)27-12-18-23-24-20(25(18)21)29-13-19(26)22-10-9-17-4-3-11-28-17/h3-8,11,14H,9-10,12-13,21H2,1-2H3,(H,22,26). The first-order chi connectivity index (χ1) is 14.0. The van der Waals surface area contributed by atoms with Crippen LogP contribution in [0.25, 0.3) is 0 Å². The number of aromatic nitrogens is 3. The van der Waals surface area contributed by atoms with Crippen molar-refractivity contribution in [2.24, 2.45) is 0 Å². The summed E-state index contributed by atoms with van der Waals surface area (Å²) in [6, 6.07) is 12.0. The molecule has 3 N–H and O–H groups in total. The highest BCUT2D eigenvalue weighted by atomic mass is 32.2. The van der Waals surface area contributed by atoms with E-state index in [1.807, 2.05) is 35.7 Å². The number of carbonyl (C=O) groups excluding carboxylic acids is 1. The molecule has 2 aromatic heterocycles. The van der Waals surface area contributed by atoms with Crippen LogP contribution in [0.15, 0.2) is 46.9 Å². The van der Waals surface area contributed by atoms with Crippen LogP contribution in [0.2, 0.25) is 0 Å². The van der Waals surface area contributed by atoms with Gasteiger partial charge < -0.3 is 15.9 Å². The highest BCUT2D eigenvalue weighted by Gasteiger charge is 2.13. The zero-order valence-electron chi connectivity index (χ0n) is 16.5. The minimum Gasteiger partial charge on any atom is -0.486 e. The van der Waals surface area contributed by atoms with Crippen molar-refractivity contribution in [3.05, 3.63) is 58.0 Å². The second-order valence-electron chi connectivity index (χ2n) is 6.75. The van der Waals surface area contributed by atoms with E-state index < -0.39 is 0 Å². The summed E-state index contributed by atoms with van der Waals surface area (Å²) in [6.45, 7) is 5.12. The number of nitrogens with one attached hydrogen (secondary N) is 1. The van der Waals surface area contributed by atoms with E-state index in [0.717, 1.165) is 12.2 Å². The van der Waals surface area contributed by atoms with Crippen LogP contribution in [0.5, 0.6) is 5.75 Å². The normalized spacial score (nSPS) is 11.0. The number of nitrogens with two attached hydrogens (primary N) is 1. The quantitative estimate of drug-likeness (QED) is 0.378. The Morgan fingerprint density at radius 1 is 1.28 bits per heavy atom. The van der Waals surface area contributed by atoms with Crippen LogP contribution in [0.1, 0.15) is 36.0 Å². The molecule has 1 aromatic carbocycles. The van der Waals surface area contributed by atoms with Gasteiger partial charge in [-0.3, -0.25) is 4.79 Å². The summed E-state index contributed by atoms with van der Waals surface area (Å²) in [5.41, 5.74) is 1.26. The highest BCUT2D eigenvalue weighted by molar-refractivity contribution is 7.99. The number of thiophene rings is 1. The van der Waals surface area contributed by atoms with E-state index in [1.54, 1.807) is 11.3 Å². The molecule has 7 nitrogen and oxygen atoms in total. The van der Waals surface area contributed by atoms with E-state index in [9.17, 15) is 4.79 Å². The summed E-state index contributed by atoms with van der Waals surface area (Å²) >= 11 is 2.94. The average molecular weight is 432 g/mol. The molecule has 9 heteroatoms. The summed E-state index contributed by atoms with van der Waals surface area (Å²) in [7, 11) is 0. The van der Waals surface area contributed by atoms with E-state index in [1.165, 1.54) is 26.9 Å². The number of hydrogen-bond donors (Lipinski definition) is 2. The zero-order chi connectivity index (χ0) is 20.6. The molecule has 1 amide bonds. The Balaban J connectivity index is 1.43. The first-order valence-electron chi connectivity index (χ1n) is 9.37. The number of amides is 1. The third-order valence-corrected chi connectivity index (χ3v) is 6.14. The molecule has 2 heterocycles. The Morgan fingerprint density at radius 2 is 2.07 bits per heavy atom. The molecule has 0 unspecified atom stereocenters. The van der Waals surface area contributed by atoms with Crippen LogP contribution in [-0.4, -0.2) is 33.1 Å². The first kappa shape index (κ1) is 21.2. The molecule has 3 aromatic rings. The Kier molecular flexibility index (Phi) is 7.54. The molecule has 0 saturated heterocycles. The fourth-order valence-corrected chi connectivity index (χ4v) is 3.98. The van der Waals surface area contributed by atoms with Gasteiger partial charge in [0.2, 0.25) is 11.1 Å². The largest absolute Gasteiger partial charge is 0.486 e. The molecular formula is C20H25N5O2S2. The number of nitrogen functional groups attached to an aromatic ring is 1. The van der Waals surface area contributed by atoms with Gasteiger partial charge in [0.05, 0.1) is 5.75 Å². The van der Waals surface area contributed by atoms with Gasteiger partial charge in [0.25, 0.3) is 0 Å². The Hall–Kier alpha value is -2.52. The molecule has 154 valence electrons. The lowest BCUT2D eigenvalue weighted by Gasteiger charge is -2.09. The molecule has 0 saturated carbocycles. The van der Waals surface area contributed by atoms with E-state index in [0.29, 0.717) is 23.4 Å². The maximum Gasteiger partial charge on any atom is 0.230 e. The van der Waals surface area contributed by atoms with E-state index in [-0.39, 0.29) is 18.3 Å². The minimum absolute atomic E-state index is 0.0578. The zero-order valence-corrected chi connectivity index (χ0v) is 18.1. The van der Waals surface area contributed by atoms with Crippen molar-refractivity contribution in [1.29, 1.82) is 0 Å². The summed E-state index contributed by atoms with van der Waals surface area (Å²) in [5.74, 6) is 7.94. The molecule has 0 aliphatic carbocycles. The van der Waals surface area contributed by atoms with Crippen LogP contribution in [0.3, 0.4) is 0 Å². The summed E-state index contributed by atoms with van der Waals surface area (Å²) in [4.78, 5) is 13.3. The Morgan fingerprint density at radius 3 is 2.76 bits per heavy atom. The molecule has 0 atom stereocenters. The lowest BCUT2D eigenvalue weighted by molar-refractivity contribution is -0.118. The van der Waals surface area contributed by atoms with Gasteiger partial charge in [0.15, 0.2) is 5.82 Å². The third-order valence-electron chi connectivity index (χ3n) is 4.26. The number of carbonyl (C=O) groups is 1. The van der Waals surface area contributed by atoms with Crippen molar-refractivity contribution >= 4 is 29.0 Å². The predicted molar refractivity (Wildman–Crippen MR) is 117 cm³/mol. The SMILES string of the molecule is CC(C)c1ccc(OCc2nnc(SCC(=O)NCCc3cccs3)n2N)cc1. The van der Waals surface area contributed by atoms with Gasteiger partial charge in [-0.1, -0.05) is 43.8 Å². The molecule has 0 radical (unpaired) electrons. The lowest BCUT2D eigenvalue weighted by Crippen LogP contribution is -2.27. The summed E-state index contributed by atoms with van der Waals surface area (Å²) < 4.78 is 7.11. The lowest BCUT2D eigenvalue weighted by atomic mass is 10.0. The van der Waals surface area contributed by atoms with Gasteiger partial charge in [-0.25, -0.2) is 4.68 Å². The van der Waals surface area contributed by atoms with Gasteiger partial charge in [-0.05, 0) is 41.5 Å². The van der Waals surface area contributed by atoms with Gasteiger partial charge >= 0.3 is 0 Å². The van der Waals surface area contributed by atoms with Crippen molar-refractivity contribution in [3.63, 3.8) is 0 Å². The van der Waals surface area contributed by atoms with Crippen molar-refractivity contribution in [1.82, 2.24) is 20.2 Å². The number of thioether (sulfide) groups is 1. The Labute approximate surface area is 178 Å². The molecule has 0 bridgehead atoms. The van der Waals surface area contributed by atoms with Gasteiger partial charge in [-0.15, -0.1) is 21.5 Å². The fourth-order valence-electron chi connectivity index (χ4n) is 2.56. The number of hydrogen-bond acceptors (Lipinski definition) is 7. The van der Waals surface area contributed by atoms with Crippen LogP contribution in [0, 0.1) is 0 Å². The Bertz CT molecular complexity index is 908. The number of nitrogens with zero attached hydrogens (tertiary/aromatic N) is 3. The first-order valence-corrected chi connectivity index (χ1v) is 11.2. The van der Waals surface area contributed by atoms with Gasteiger partial charge in [0.1, 0.15) is 12.4 Å². The topological polar surface area (TPSA) is 95.1 Å². The number of rotatable bonds is 10. The number of ether oxygens (including phenoxy) is 1. The molecule has 0 aliphatic rings. The smallest absolute Gasteiger partial charge is 0.230 e. The van der Waals surface area contributed by atoms with Gasteiger partial charge in [0, 0.05) is 11.4 Å². The molecule has 0 aliphatic heterocycles. The molecular weight excluding hydrogens is 406 g/mol. The monoisotopic (exact) mass is 431 g/mol. The summed E-state index contributed by atoms with van der Waals surface area (Å²) in [5, 5.41) is 13.5. The molecule has 0 spiro atoms. The van der Waals surface area contributed by atoms with Crippen molar-refractivity contribution in [3.8, 4) is 5.75 Å². The van der Waals surface area contributed by atoms with E-state index >= 15 is 0 Å². The highest BCUT2D eigenvalue weighted by Crippen LogP contribution is 2.20. The van der Waals surface area contributed by atoms with E-state index in [4.69, 9.17) is 10.6 Å². The molecule has 0 fully saturated rings. The second-order valence-corrected chi connectivity index (χ2v) is 8.72. The van der Waals surface area contributed by atoms with Crippen LogP contribution in [0.4, 0.5) is 0 Å². The third kappa shape index (κ3) is 6.23. The van der Waals surface area contributed by atoms with Gasteiger partial charge in [-0.2, -0.15) is 0 Å². The average Bonchev–Trinajstić information content (AvgIpc) is 3.35. The van der Waals surface area contributed by atoms with Crippen molar-refractivity contribution in [2.75, 3.05) is 18.1 Å². The predicted octanol–water partition coefficient (Wildman–Crippen LogP) is 3.21.